The van der Waals surface area contributed by atoms with Gasteiger partial charge in [0.05, 0.1) is 0 Å². The Labute approximate surface area is 140 Å². The molecule has 0 fully saturated rings. The SMILES string of the molecule is CNC(=O)c1ccc(CSCc2cccc(NC(C)=O)c2)cc1. The molecule has 0 heterocycles. The molecule has 0 aromatic heterocycles. The van der Waals surface area contributed by atoms with Crippen LogP contribution in [-0.2, 0) is 16.3 Å². The second-order valence-electron chi connectivity index (χ2n) is 5.15. The van der Waals surface area contributed by atoms with Crippen LogP contribution >= 0.6 is 11.8 Å². The molecule has 4 nitrogen and oxygen atoms in total. The van der Waals surface area contributed by atoms with Crippen molar-refractivity contribution < 1.29 is 9.59 Å². The molecule has 0 saturated heterocycles. The van der Waals surface area contributed by atoms with Gasteiger partial charge < -0.3 is 10.6 Å². The Morgan fingerprint density at radius 3 is 2.35 bits per heavy atom. The van der Waals surface area contributed by atoms with E-state index in [9.17, 15) is 9.59 Å². The van der Waals surface area contributed by atoms with Crippen LogP contribution in [0.1, 0.15) is 28.4 Å². The predicted molar refractivity (Wildman–Crippen MR) is 95.6 cm³/mol. The molecule has 0 aliphatic rings. The number of anilines is 1. The monoisotopic (exact) mass is 328 g/mol. The summed E-state index contributed by atoms with van der Waals surface area (Å²) in [4.78, 5) is 22.6. The van der Waals surface area contributed by atoms with Crippen molar-refractivity contribution in [2.24, 2.45) is 0 Å². The molecule has 23 heavy (non-hydrogen) atoms. The van der Waals surface area contributed by atoms with Crippen LogP contribution in [0.3, 0.4) is 0 Å². The number of carbonyl (C=O) groups is 2. The summed E-state index contributed by atoms with van der Waals surface area (Å²) in [5.41, 5.74) is 3.85. The number of hydrogen-bond acceptors (Lipinski definition) is 3. The second kappa shape index (κ2) is 8.39. The van der Waals surface area contributed by atoms with E-state index in [4.69, 9.17) is 0 Å². The van der Waals surface area contributed by atoms with Crippen LogP contribution in [0.25, 0.3) is 0 Å². The first kappa shape index (κ1) is 17.1. The molecule has 0 spiro atoms. The summed E-state index contributed by atoms with van der Waals surface area (Å²) in [6.07, 6.45) is 0. The van der Waals surface area contributed by atoms with Crippen LogP contribution in [0, 0.1) is 0 Å². The summed E-state index contributed by atoms with van der Waals surface area (Å²) in [5.74, 6) is 1.60. The minimum atomic E-state index is -0.0704. The minimum absolute atomic E-state index is 0.0639. The van der Waals surface area contributed by atoms with Crippen molar-refractivity contribution in [2.45, 2.75) is 18.4 Å². The number of benzene rings is 2. The Bertz CT molecular complexity index is 684. The van der Waals surface area contributed by atoms with Gasteiger partial charge in [0.15, 0.2) is 0 Å². The van der Waals surface area contributed by atoms with Gasteiger partial charge in [-0.25, -0.2) is 0 Å². The average Bonchev–Trinajstić information content (AvgIpc) is 2.54. The van der Waals surface area contributed by atoms with Crippen LogP contribution in [0.2, 0.25) is 0 Å². The molecule has 0 aliphatic heterocycles. The maximum atomic E-state index is 11.5. The molecule has 2 rings (SSSR count). The van der Waals surface area contributed by atoms with Crippen molar-refractivity contribution in [3.05, 3.63) is 65.2 Å². The van der Waals surface area contributed by atoms with Gasteiger partial charge in [-0.15, -0.1) is 0 Å². The highest BCUT2D eigenvalue weighted by atomic mass is 32.2. The molecule has 2 amide bonds. The highest BCUT2D eigenvalue weighted by molar-refractivity contribution is 7.97. The third-order valence-electron chi connectivity index (χ3n) is 3.23. The van der Waals surface area contributed by atoms with Gasteiger partial charge in [0.2, 0.25) is 5.91 Å². The summed E-state index contributed by atoms with van der Waals surface area (Å²) in [5, 5.41) is 5.40. The number of nitrogens with one attached hydrogen (secondary N) is 2. The van der Waals surface area contributed by atoms with E-state index in [1.165, 1.54) is 18.1 Å². The molecular weight excluding hydrogens is 308 g/mol. The third kappa shape index (κ3) is 5.45. The highest BCUT2D eigenvalue weighted by Gasteiger charge is 2.03. The number of rotatable bonds is 6. The van der Waals surface area contributed by atoms with Gasteiger partial charge in [0.1, 0.15) is 0 Å². The lowest BCUT2D eigenvalue weighted by Crippen LogP contribution is -2.17. The van der Waals surface area contributed by atoms with Gasteiger partial charge in [0, 0.05) is 36.7 Å². The molecule has 2 aromatic carbocycles. The Hall–Kier alpha value is -2.27. The van der Waals surface area contributed by atoms with Crippen molar-refractivity contribution >= 4 is 29.3 Å². The summed E-state index contributed by atoms with van der Waals surface area (Å²) >= 11 is 1.79. The van der Waals surface area contributed by atoms with Gasteiger partial charge in [-0.3, -0.25) is 9.59 Å². The lowest BCUT2D eigenvalue weighted by atomic mass is 10.1. The predicted octanol–water partition coefficient (Wildman–Crippen LogP) is 3.44. The maximum Gasteiger partial charge on any atom is 0.251 e. The molecule has 2 N–H and O–H groups in total. The zero-order valence-corrected chi connectivity index (χ0v) is 14.1. The molecule has 0 unspecified atom stereocenters. The largest absolute Gasteiger partial charge is 0.355 e. The van der Waals surface area contributed by atoms with E-state index in [-0.39, 0.29) is 11.8 Å². The standard InChI is InChI=1S/C18H20N2O2S/c1-13(21)20-17-5-3-4-15(10-17)12-23-11-14-6-8-16(9-7-14)18(22)19-2/h3-10H,11-12H2,1-2H3,(H,19,22)(H,20,21). The van der Waals surface area contributed by atoms with E-state index in [0.29, 0.717) is 5.56 Å². The van der Waals surface area contributed by atoms with Gasteiger partial charge in [0.25, 0.3) is 5.91 Å². The van der Waals surface area contributed by atoms with Gasteiger partial charge in [-0.05, 0) is 35.4 Å². The van der Waals surface area contributed by atoms with Gasteiger partial charge in [-0.1, -0.05) is 24.3 Å². The van der Waals surface area contributed by atoms with E-state index in [1.54, 1.807) is 18.8 Å². The normalized spacial score (nSPS) is 10.2. The van der Waals surface area contributed by atoms with Crippen LogP contribution in [0.5, 0.6) is 0 Å². The molecule has 0 atom stereocenters. The number of hydrogen-bond donors (Lipinski definition) is 2. The van der Waals surface area contributed by atoms with Gasteiger partial charge in [-0.2, -0.15) is 11.8 Å². The highest BCUT2D eigenvalue weighted by Crippen LogP contribution is 2.20. The minimum Gasteiger partial charge on any atom is -0.355 e. The second-order valence-corrected chi connectivity index (χ2v) is 6.14. The van der Waals surface area contributed by atoms with E-state index in [1.807, 2.05) is 48.5 Å². The number of carbonyl (C=O) groups excluding carboxylic acids is 2. The van der Waals surface area contributed by atoms with Crippen molar-refractivity contribution in [1.29, 1.82) is 0 Å². The van der Waals surface area contributed by atoms with E-state index < -0.39 is 0 Å². The average molecular weight is 328 g/mol. The molecule has 120 valence electrons. The first-order chi connectivity index (χ1) is 11.1. The smallest absolute Gasteiger partial charge is 0.251 e. The van der Waals surface area contributed by atoms with Crippen molar-refractivity contribution in [2.75, 3.05) is 12.4 Å². The lowest BCUT2D eigenvalue weighted by Gasteiger charge is -2.06. The van der Waals surface area contributed by atoms with Crippen LogP contribution in [0.4, 0.5) is 5.69 Å². The lowest BCUT2D eigenvalue weighted by molar-refractivity contribution is -0.114. The quantitative estimate of drug-likeness (QED) is 0.854. The van der Waals surface area contributed by atoms with Crippen molar-refractivity contribution in [1.82, 2.24) is 5.32 Å². The maximum absolute atomic E-state index is 11.5. The van der Waals surface area contributed by atoms with E-state index in [2.05, 4.69) is 10.6 Å². The van der Waals surface area contributed by atoms with E-state index >= 15 is 0 Å². The Balaban J connectivity index is 1.87. The molecule has 0 bridgehead atoms. The summed E-state index contributed by atoms with van der Waals surface area (Å²) in [6, 6.07) is 15.5. The summed E-state index contributed by atoms with van der Waals surface area (Å²) < 4.78 is 0. The molecule has 5 heteroatoms. The Kier molecular flexibility index (Phi) is 6.23. The molecule has 0 aliphatic carbocycles. The first-order valence-electron chi connectivity index (χ1n) is 7.34. The zero-order valence-electron chi connectivity index (χ0n) is 13.3. The number of amides is 2. The first-order valence-corrected chi connectivity index (χ1v) is 8.49. The fraction of sp³-hybridized carbons (Fsp3) is 0.222. The van der Waals surface area contributed by atoms with E-state index in [0.717, 1.165) is 17.2 Å². The van der Waals surface area contributed by atoms with Crippen LogP contribution in [-0.4, -0.2) is 18.9 Å². The Morgan fingerprint density at radius 2 is 1.70 bits per heavy atom. The Morgan fingerprint density at radius 1 is 1.00 bits per heavy atom. The van der Waals surface area contributed by atoms with Crippen molar-refractivity contribution in [3.63, 3.8) is 0 Å². The molecular formula is C18H20N2O2S. The van der Waals surface area contributed by atoms with Gasteiger partial charge >= 0.3 is 0 Å². The molecule has 2 aromatic rings. The number of thioether (sulfide) groups is 1. The van der Waals surface area contributed by atoms with Crippen molar-refractivity contribution in [3.8, 4) is 0 Å². The molecule has 0 saturated carbocycles. The topological polar surface area (TPSA) is 58.2 Å². The van der Waals surface area contributed by atoms with Crippen LogP contribution < -0.4 is 10.6 Å². The fourth-order valence-corrected chi connectivity index (χ4v) is 3.07. The summed E-state index contributed by atoms with van der Waals surface area (Å²) in [7, 11) is 1.63. The fourth-order valence-electron chi connectivity index (χ4n) is 2.13. The third-order valence-corrected chi connectivity index (χ3v) is 4.30. The zero-order chi connectivity index (χ0) is 16.7. The summed E-state index contributed by atoms with van der Waals surface area (Å²) in [6.45, 7) is 1.50. The van der Waals surface area contributed by atoms with Crippen LogP contribution in [0.15, 0.2) is 48.5 Å². The molecule has 0 radical (unpaired) electrons.